The van der Waals surface area contributed by atoms with Crippen LogP contribution in [-0.4, -0.2) is 37.7 Å². The zero-order valence-corrected chi connectivity index (χ0v) is 37.1. The van der Waals surface area contributed by atoms with Gasteiger partial charge in [0.15, 0.2) is 0 Å². The molecule has 0 saturated carbocycles. The van der Waals surface area contributed by atoms with Gasteiger partial charge >= 0.3 is 5.97 Å². The summed E-state index contributed by atoms with van der Waals surface area (Å²) in [6.07, 6.45) is 39.1. The van der Waals surface area contributed by atoms with Crippen molar-refractivity contribution in [3.8, 4) is 0 Å². The number of carbonyl (C=O) groups excluding carboxylic acids is 1. The largest absolute Gasteiger partial charge is 0.455 e. The first kappa shape index (κ1) is 47.4. The van der Waals surface area contributed by atoms with Gasteiger partial charge in [-0.3, -0.25) is 0 Å². The SMILES string of the molecule is CCCCCCCCCCCC/C=C/CC/C=C/CC[C@H](O)C/C=C/CCCC[C@H](CC1=C[C@H](C)OC1=O)O[Si](c1ccccc1)(c1ccccc1)C(C)(C)C. The lowest BCUT2D eigenvalue weighted by Gasteiger charge is -2.45. The number of carbonyl (C=O) groups is 1. The summed E-state index contributed by atoms with van der Waals surface area (Å²) in [4.78, 5) is 12.8. The standard InChI is InChI=1S/C51H78O4Si/c1-6-7-8-9-10-11-12-13-14-15-16-17-18-19-20-21-23-28-35-46(52)36-29-24-22-25-30-37-47(43-45-42-44(2)54-50(45)53)55-56(51(3,4)5,48-38-31-26-32-39-48)49-40-33-27-34-41-49/h17-18,21,23-24,26-27,29,31-34,38-42,44,46-47,52H,6-16,19-20,22,25,28,30,35-37,43H2,1-5H3/b18-17+,23-21+,29-24+/t44-,46-,47+/m0/s1. The Kier molecular flexibility index (Phi) is 23.4. The molecule has 0 saturated heterocycles. The van der Waals surface area contributed by atoms with Crippen LogP contribution in [0.1, 0.15) is 169 Å². The normalized spacial score (nSPS) is 16.3. The van der Waals surface area contributed by atoms with E-state index in [-0.39, 0.29) is 29.3 Å². The molecule has 310 valence electrons. The summed E-state index contributed by atoms with van der Waals surface area (Å²) in [5, 5.41) is 12.9. The third-order valence-electron chi connectivity index (χ3n) is 11.1. The first-order chi connectivity index (χ1) is 27.2. The van der Waals surface area contributed by atoms with E-state index in [2.05, 4.69) is 125 Å². The van der Waals surface area contributed by atoms with Crippen LogP contribution >= 0.6 is 0 Å². The van der Waals surface area contributed by atoms with Crippen LogP contribution in [0, 0.1) is 0 Å². The number of rotatable bonds is 30. The van der Waals surface area contributed by atoms with Crippen LogP contribution in [0.15, 0.2) is 109 Å². The minimum absolute atomic E-state index is 0.116. The van der Waals surface area contributed by atoms with Gasteiger partial charge in [0.1, 0.15) is 6.10 Å². The van der Waals surface area contributed by atoms with Crippen LogP contribution < -0.4 is 10.4 Å². The van der Waals surface area contributed by atoms with Gasteiger partial charge in [0.2, 0.25) is 0 Å². The van der Waals surface area contributed by atoms with Crippen molar-refractivity contribution in [2.75, 3.05) is 0 Å². The monoisotopic (exact) mass is 783 g/mol. The quantitative estimate of drug-likeness (QED) is 0.0371. The number of hydrogen-bond acceptors (Lipinski definition) is 4. The Labute approximate surface area is 344 Å². The molecule has 0 spiro atoms. The number of allylic oxidation sites excluding steroid dienone is 5. The second-order valence-corrected chi connectivity index (χ2v) is 21.4. The molecular weight excluding hydrogens is 705 g/mol. The van der Waals surface area contributed by atoms with Crippen molar-refractivity contribution in [2.45, 2.75) is 193 Å². The summed E-state index contributed by atoms with van der Waals surface area (Å²) in [7, 11) is -2.78. The Morgan fingerprint density at radius 3 is 1.71 bits per heavy atom. The van der Waals surface area contributed by atoms with Crippen LogP contribution in [0.25, 0.3) is 0 Å². The van der Waals surface area contributed by atoms with Crippen molar-refractivity contribution in [3.63, 3.8) is 0 Å². The van der Waals surface area contributed by atoms with Gasteiger partial charge in [-0.2, -0.15) is 0 Å². The Morgan fingerprint density at radius 2 is 1.18 bits per heavy atom. The van der Waals surface area contributed by atoms with E-state index >= 15 is 0 Å². The van der Waals surface area contributed by atoms with E-state index in [0.717, 1.165) is 56.9 Å². The molecule has 1 N–H and O–H groups in total. The molecule has 2 aromatic rings. The molecule has 5 heteroatoms. The second-order valence-electron chi connectivity index (χ2n) is 17.1. The summed E-state index contributed by atoms with van der Waals surface area (Å²) >= 11 is 0. The van der Waals surface area contributed by atoms with E-state index in [9.17, 15) is 9.90 Å². The van der Waals surface area contributed by atoms with Gasteiger partial charge < -0.3 is 14.3 Å². The Balaban J connectivity index is 1.38. The predicted molar refractivity (Wildman–Crippen MR) is 242 cm³/mol. The highest BCUT2D eigenvalue weighted by Gasteiger charge is 2.51. The maximum Gasteiger partial charge on any atom is 0.334 e. The molecule has 1 aliphatic heterocycles. The van der Waals surface area contributed by atoms with E-state index in [1.807, 2.05) is 13.0 Å². The van der Waals surface area contributed by atoms with E-state index in [1.54, 1.807) is 0 Å². The number of aliphatic hydroxyl groups excluding tert-OH is 1. The fraction of sp³-hybridized carbons (Fsp3) is 0.588. The second kappa shape index (κ2) is 27.6. The molecule has 0 fully saturated rings. The summed E-state index contributed by atoms with van der Waals surface area (Å²) in [6, 6.07) is 21.5. The molecule has 3 rings (SSSR count). The number of cyclic esters (lactones) is 1. The average Bonchev–Trinajstić information content (AvgIpc) is 3.51. The van der Waals surface area contributed by atoms with Gasteiger partial charge in [-0.05, 0) is 92.6 Å². The van der Waals surface area contributed by atoms with Gasteiger partial charge in [-0.15, -0.1) is 0 Å². The van der Waals surface area contributed by atoms with E-state index in [0.29, 0.717) is 12.8 Å². The summed E-state index contributed by atoms with van der Waals surface area (Å²) in [6.45, 7) is 11.1. The Bertz CT molecular complexity index is 1400. The van der Waals surface area contributed by atoms with Crippen molar-refractivity contribution < 1.29 is 19.1 Å². The van der Waals surface area contributed by atoms with E-state index in [1.165, 1.54) is 81.0 Å². The molecule has 0 aliphatic carbocycles. The fourth-order valence-corrected chi connectivity index (χ4v) is 12.7. The molecule has 0 radical (unpaired) electrons. The predicted octanol–water partition coefficient (Wildman–Crippen LogP) is 13.0. The van der Waals surface area contributed by atoms with Gasteiger partial charge in [0.05, 0.1) is 12.2 Å². The number of hydrogen-bond donors (Lipinski definition) is 1. The zero-order chi connectivity index (χ0) is 40.3. The smallest absolute Gasteiger partial charge is 0.334 e. The lowest BCUT2D eigenvalue weighted by atomic mass is 10.0. The fourth-order valence-electron chi connectivity index (χ4n) is 8.00. The highest BCUT2D eigenvalue weighted by atomic mass is 28.4. The molecular formula is C51H78O4Si. The number of esters is 1. The maximum absolute atomic E-state index is 12.8. The zero-order valence-electron chi connectivity index (χ0n) is 36.1. The topological polar surface area (TPSA) is 55.8 Å². The molecule has 3 atom stereocenters. The molecule has 0 amide bonds. The van der Waals surface area contributed by atoms with Crippen LogP contribution in [0.3, 0.4) is 0 Å². The highest BCUT2D eigenvalue weighted by Crippen LogP contribution is 2.39. The first-order valence-electron chi connectivity index (χ1n) is 22.5. The van der Waals surface area contributed by atoms with Gasteiger partial charge in [0, 0.05) is 12.0 Å². The number of aliphatic hydroxyl groups is 1. The first-order valence-corrected chi connectivity index (χ1v) is 24.4. The Hall–Kier alpha value is -2.99. The third kappa shape index (κ3) is 17.7. The molecule has 4 nitrogen and oxygen atoms in total. The molecule has 0 aromatic heterocycles. The van der Waals surface area contributed by atoms with E-state index in [4.69, 9.17) is 9.16 Å². The number of benzene rings is 2. The van der Waals surface area contributed by atoms with E-state index < -0.39 is 8.32 Å². The minimum Gasteiger partial charge on any atom is -0.455 e. The highest BCUT2D eigenvalue weighted by molar-refractivity contribution is 6.99. The molecule has 1 heterocycles. The lowest BCUT2D eigenvalue weighted by molar-refractivity contribution is -0.139. The minimum atomic E-state index is -2.78. The van der Waals surface area contributed by atoms with Crippen molar-refractivity contribution in [3.05, 3.63) is 109 Å². The van der Waals surface area contributed by atoms with Gasteiger partial charge in [0.25, 0.3) is 8.32 Å². The summed E-state index contributed by atoms with van der Waals surface area (Å²) in [5.74, 6) is -0.215. The lowest BCUT2D eigenvalue weighted by Crippen LogP contribution is -2.67. The van der Waals surface area contributed by atoms with Crippen molar-refractivity contribution in [1.82, 2.24) is 0 Å². The molecule has 2 aromatic carbocycles. The number of ether oxygens (including phenoxy) is 1. The third-order valence-corrected chi connectivity index (χ3v) is 16.2. The van der Waals surface area contributed by atoms with Crippen molar-refractivity contribution >= 4 is 24.7 Å². The van der Waals surface area contributed by atoms with Crippen molar-refractivity contribution in [1.29, 1.82) is 0 Å². The molecule has 0 unspecified atom stereocenters. The molecule has 56 heavy (non-hydrogen) atoms. The van der Waals surface area contributed by atoms with Crippen LogP contribution in [0.2, 0.25) is 5.04 Å². The Morgan fingerprint density at radius 1 is 0.679 bits per heavy atom. The van der Waals surface area contributed by atoms with Crippen molar-refractivity contribution in [2.24, 2.45) is 0 Å². The molecule has 0 bridgehead atoms. The average molecular weight is 783 g/mol. The summed E-state index contributed by atoms with van der Waals surface area (Å²) < 4.78 is 13.0. The van der Waals surface area contributed by atoms with Gasteiger partial charge in [-0.25, -0.2) is 4.79 Å². The number of unbranched alkanes of at least 4 members (excludes halogenated alkanes) is 13. The van der Waals surface area contributed by atoms with Crippen LogP contribution in [0.4, 0.5) is 0 Å². The van der Waals surface area contributed by atoms with Crippen LogP contribution in [0.5, 0.6) is 0 Å². The van der Waals surface area contributed by atoms with Gasteiger partial charge in [-0.1, -0.05) is 189 Å². The molecule has 1 aliphatic rings. The summed E-state index contributed by atoms with van der Waals surface area (Å²) in [5.41, 5.74) is 0.732. The van der Waals surface area contributed by atoms with Crippen LogP contribution in [-0.2, 0) is 14.0 Å². The maximum atomic E-state index is 12.8.